The topological polar surface area (TPSA) is 4.44 Å². The molecule has 1 N–H and O–H groups in total. The molecule has 12 heavy (non-hydrogen) atoms. The fourth-order valence-corrected chi connectivity index (χ4v) is 3.15. The minimum atomic E-state index is 0.730. The van der Waals surface area contributed by atoms with Crippen LogP contribution in [0.25, 0.3) is 0 Å². The molecule has 0 aromatic carbocycles. The molecular weight excluding hydrogens is 146 g/mol. The van der Waals surface area contributed by atoms with E-state index >= 15 is 0 Å². The van der Waals surface area contributed by atoms with Crippen LogP contribution in [-0.4, -0.2) is 13.1 Å². The third kappa shape index (κ3) is 1.66. The fourth-order valence-electron chi connectivity index (χ4n) is 3.15. The summed E-state index contributed by atoms with van der Waals surface area (Å²) in [6.45, 7) is 2.66. The zero-order valence-corrected chi connectivity index (χ0v) is 8.07. The van der Waals surface area contributed by atoms with Crippen LogP contribution in [0, 0.1) is 12.5 Å². The van der Waals surface area contributed by atoms with Crippen molar-refractivity contribution in [2.75, 3.05) is 13.1 Å². The van der Waals surface area contributed by atoms with Gasteiger partial charge in [-0.2, -0.15) is 7.05 Å². The molecule has 1 heterocycles. The van der Waals surface area contributed by atoms with Crippen LogP contribution in [-0.2, 0) is 0 Å². The van der Waals surface area contributed by atoms with E-state index in [9.17, 15) is 0 Å². The predicted molar refractivity (Wildman–Crippen MR) is 50.8 cm³/mol. The average molecular weight is 167 g/mol. The van der Waals surface area contributed by atoms with Crippen LogP contribution >= 0.6 is 0 Å². The van der Waals surface area contributed by atoms with E-state index < -0.39 is 0 Å². The van der Waals surface area contributed by atoms with Gasteiger partial charge in [-0.15, -0.1) is 0 Å². The van der Waals surface area contributed by atoms with Crippen molar-refractivity contribution in [2.45, 2.75) is 44.9 Å². The molecule has 2 rings (SSSR count). The summed E-state index contributed by atoms with van der Waals surface area (Å²) in [5.74, 6) is 0. The van der Waals surface area contributed by atoms with Gasteiger partial charge in [0.25, 0.3) is 0 Å². The SMILES string of the molecule is [CH2-][NH+]1CCCC2(CCCCC2)C1. The third-order valence-corrected chi connectivity index (χ3v) is 3.78. The minimum absolute atomic E-state index is 0.730. The maximum atomic E-state index is 4.16. The second kappa shape index (κ2) is 3.37. The molecule has 0 aromatic rings. The van der Waals surface area contributed by atoms with Crippen molar-refractivity contribution in [2.24, 2.45) is 5.41 Å². The summed E-state index contributed by atoms with van der Waals surface area (Å²) in [5.41, 5.74) is 0.730. The van der Waals surface area contributed by atoms with E-state index in [4.69, 9.17) is 0 Å². The van der Waals surface area contributed by atoms with E-state index in [0.717, 1.165) is 5.41 Å². The van der Waals surface area contributed by atoms with Crippen molar-refractivity contribution < 1.29 is 4.90 Å². The van der Waals surface area contributed by atoms with E-state index in [0.29, 0.717) is 0 Å². The second-order valence-corrected chi connectivity index (χ2v) is 4.84. The summed E-state index contributed by atoms with van der Waals surface area (Å²) in [5, 5.41) is 0. The molecule has 1 heteroatoms. The average Bonchev–Trinajstić information content (AvgIpc) is 2.05. The number of hydrogen-bond donors (Lipinski definition) is 1. The van der Waals surface area contributed by atoms with Crippen LogP contribution in [0.4, 0.5) is 0 Å². The van der Waals surface area contributed by atoms with E-state index in [1.807, 2.05) is 0 Å². The zero-order valence-electron chi connectivity index (χ0n) is 8.07. The highest BCUT2D eigenvalue weighted by atomic mass is 15.1. The molecule has 70 valence electrons. The lowest BCUT2D eigenvalue weighted by atomic mass is 9.69. The molecule has 1 aliphatic carbocycles. The maximum absolute atomic E-state index is 4.16. The van der Waals surface area contributed by atoms with E-state index in [1.54, 1.807) is 0 Å². The molecular formula is C11H21N. The molecule has 0 radical (unpaired) electrons. The fraction of sp³-hybridized carbons (Fsp3) is 0.909. The van der Waals surface area contributed by atoms with Gasteiger partial charge >= 0.3 is 0 Å². The molecule has 1 saturated carbocycles. The molecule has 1 saturated heterocycles. The van der Waals surface area contributed by atoms with Crippen LogP contribution in [0.15, 0.2) is 0 Å². The second-order valence-electron chi connectivity index (χ2n) is 4.84. The number of piperidine rings is 1. The highest BCUT2D eigenvalue weighted by Gasteiger charge is 2.36. The molecule has 1 atom stereocenters. The van der Waals surface area contributed by atoms with E-state index in [1.165, 1.54) is 62.9 Å². The number of nitrogens with one attached hydrogen (secondary N) is 1. The largest absolute Gasteiger partial charge is 0.467 e. The van der Waals surface area contributed by atoms with Gasteiger partial charge in [0.2, 0.25) is 0 Å². The molecule has 2 aliphatic rings. The molecule has 0 amide bonds. The summed E-state index contributed by atoms with van der Waals surface area (Å²) in [7, 11) is 4.16. The smallest absolute Gasteiger partial charge is 0.0587 e. The summed E-state index contributed by atoms with van der Waals surface area (Å²) < 4.78 is 0. The summed E-state index contributed by atoms with van der Waals surface area (Å²) in [6, 6.07) is 0. The Morgan fingerprint density at radius 2 is 1.58 bits per heavy atom. The Kier molecular flexibility index (Phi) is 2.40. The number of likely N-dealkylation sites (tertiary alicyclic amines) is 1. The lowest BCUT2D eigenvalue weighted by Gasteiger charge is -2.44. The number of rotatable bonds is 0. The van der Waals surface area contributed by atoms with Crippen LogP contribution in [0.2, 0.25) is 0 Å². The standard InChI is InChI=1S/C11H21N/c1-12-9-5-8-11(10-12)6-3-2-4-7-11/h12H,1-10H2. The zero-order chi connectivity index (χ0) is 8.44. The van der Waals surface area contributed by atoms with Crippen LogP contribution in [0.5, 0.6) is 0 Å². The summed E-state index contributed by atoms with van der Waals surface area (Å²) in [6.07, 6.45) is 10.3. The quantitative estimate of drug-likeness (QED) is 0.520. The van der Waals surface area contributed by atoms with Gasteiger partial charge in [-0.25, -0.2) is 0 Å². The lowest BCUT2D eigenvalue weighted by molar-refractivity contribution is -0.868. The predicted octanol–water partition coefficient (Wildman–Crippen LogP) is 1.41. The van der Waals surface area contributed by atoms with Gasteiger partial charge in [0.15, 0.2) is 0 Å². The Labute approximate surface area is 76.1 Å². The number of hydrogen-bond acceptors (Lipinski definition) is 0. The van der Waals surface area contributed by atoms with E-state index in [2.05, 4.69) is 7.05 Å². The van der Waals surface area contributed by atoms with Crippen molar-refractivity contribution in [3.8, 4) is 0 Å². The van der Waals surface area contributed by atoms with Crippen LogP contribution in [0.1, 0.15) is 44.9 Å². The molecule has 1 spiro atoms. The molecule has 2 fully saturated rings. The summed E-state index contributed by atoms with van der Waals surface area (Å²) in [4.78, 5) is 1.53. The minimum Gasteiger partial charge on any atom is -0.467 e. The van der Waals surface area contributed by atoms with Crippen LogP contribution in [0.3, 0.4) is 0 Å². The first-order valence-electron chi connectivity index (χ1n) is 5.47. The van der Waals surface area contributed by atoms with Crippen molar-refractivity contribution >= 4 is 0 Å². The first-order valence-corrected chi connectivity index (χ1v) is 5.47. The normalized spacial score (nSPS) is 35.2. The van der Waals surface area contributed by atoms with E-state index in [-0.39, 0.29) is 0 Å². The molecule has 1 nitrogen and oxygen atoms in total. The summed E-state index contributed by atoms with van der Waals surface area (Å²) >= 11 is 0. The van der Waals surface area contributed by atoms with Crippen molar-refractivity contribution in [1.82, 2.24) is 0 Å². The highest BCUT2D eigenvalue weighted by Crippen LogP contribution is 2.39. The molecule has 1 aliphatic heterocycles. The maximum Gasteiger partial charge on any atom is 0.0587 e. The van der Waals surface area contributed by atoms with Gasteiger partial charge in [-0.1, -0.05) is 19.3 Å². The molecule has 0 aromatic heterocycles. The van der Waals surface area contributed by atoms with Gasteiger partial charge in [0.1, 0.15) is 0 Å². The van der Waals surface area contributed by atoms with Gasteiger partial charge in [0.05, 0.1) is 13.1 Å². The Morgan fingerprint density at radius 1 is 0.917 bits per heavy atom. The Bertz CT molecular complexity index is 142. The lowest BCUT2D eigenvalue weighted by Crippen LogP contribution is -3.09. The van der Waals surface area contributed by atoms with Gasteiger partial charge in [0, 0.05) is 5.41 Å². The van der Waals surface area contributed by atoms with Gasteiger partial charge in [-0.05, 0) is 25.7 Å². The van der Waals surface area contributed by atoms with Gasteiger partial charge in [-0.3, -0.25) is 0 Å². The first-order chi connectivity index (χ1) is 5.81. The van der Waals surface area contributed by atoms with Crippen molar-refractivity contribution in [3.05, 3.63) is 7.05 Å². The monoisotopic (exact) mass is 167 g/mol. The Morgan fingerprint density at radius 3 is 2.25 bits per heavy atom. The van der Waals surface area contributed by atoms with Crippen molar-refractivity contribution in [1.29, 1.82) is 0 Å². The third-order valence-electron chi connectivity index (χ3n) is 3.78. The molecule has 0 bridgehead atoms. The van der Waals surface area contributed by atoms with Crippen LogP contribution < -0.4 is 4.90 Å². The molecule has 1 unspecified atom stereocenters. The Balaban J connectivity index is 1.97. The van der Waals surface area contributed by atoms with Crippen molar-refractivity contribution in [3.63, 3.8) is 0 Å². The number of quaternary nitrogens is 1. The highest BCUT2D eigenvalue weighted by molar-refractivity contribution is 4.83. The Hall–Kier alpha value is -0.0400. The first kappa shape index (κ1) is 8.55. The van der Waals surface area contributed by atoms with Gasteiger partial charge < -0.3 is 4.90 Å².